The minimum Gasteiger partial charge on any atom is -0.495 e. The van der Waals surface area contributed by atoms with Crippen LogP contribution in [0.4, 0.5) is 5.69 Å². The Hall–Kier alpha value is -0.930. The van der Waals surface area contributed by atoms with E-state index in [2.05, 4.69) is 17.6 Å². The Labute approximate surface area is 109 Å². The summed E-state index contributed by atoms with van der Waals surface area (Å²) in [6.07, 6.45) is 2.46. The fraction of sp³-hybridized carbons (Fsp3) is 0.538. The second-order valence-corrected chi connectivity index (χ2v) is 4.29. The van der Waals surface area contributed by atoms with E-state index in [1.165, 1.54) is 12.8 Å². The molecule has 0 radical (unpaired) electrons. The molecule has 0 spiro atoms. The number of unbranched alkanes of at least 4 members (excludes halogenated alkanes) is 1. The van der Waals surface area contributed by atoms with Crippen molar-refractivity contribution in [2.45, 2.75) is 19.8 Å². The van der Waals surface area contributed by atoms with Gasteiger partial charge in [-0.25, -0.2) is 0 Å². The molecule has 0 aliphatic heterocycles. The van der Waals surface area contributed by atoms with Crippen LogP contribution in [0.3, 0.4) is 0 Å². The van der Waals surface area contributed by atoms with Gasteiger partial charge in [0.05, 0.1) is 12.1 Å². The first-order valence-electron chi connectivity index (χ1n) is 6.06. The number of ether oxygens (including phenoxy) is 1. The molecule has 3 nitrogen and oxygen atoms in total. The smallest absolute Gasteiger partial charge is 0.137 e. The molecule has 1 aromatic carbocycles. The maximum atomic E-state index is 6.03. The summed E-state index contributed by atoms with van der Waals surface area (Å²) < 4.78 is 5.10. The highest BCUT2D eigenvalue weighted by Crippen LogP contribution is 2.26. The van der Waals surface area contributed by atoms with Gasteiger partial charge in [-0.3, -0.25) is 0 Å². The lowest BCUT2D eigenvalue weighted by Gasteiger charge is -2.09. The second kappa shape index (κ2) is 8.20. The third-order valence-corrected chi connectivity index (χ3v) is 2.79. The van der Waals surface area contributed by atoms with Crippen LogP contribution in [0.2, 0.25) is 5.02 Å². The van der Waals surface area contributed by atoms with Gasteiger partial charge >= 0.3 is 0 Å². The highest BCUT2D eigenvalue weighted by molar-refractivity contribution is 6.32. The number of halogens is 1. The van der Waals surface area contributed by atoms with Crippen LogP contribution < -0.4 is 15.4 Å². The number of anilines is 1. The van der Waals surface area contributed by atoms with Gasteiger partial charge < -0.3 is 15.4 Å². The predicted octanol–water partition coefficient (Wildman–Crippen LogP) is 3.15. The van der Waals surface area contributed by atoms with Gasteiger partial charge in [-0.1, -0.05) is 24.9 Å². The summed E-state index contributed by atoms with van der Waals surface area (Å²) in [4.78, 5) is 0. The Balaban J connectivity index is 2.25. The maximum Gasteiger partial charge on any atom is 0.137 e. The van der Waals surface area contributed by atoms with E-state index in [0.717, 1.165) is 25.3 Å². The van der Waals surface area contributed by atoms with Gasteiger partial charge in [0.15, 0.2) is 0 Å². The summed E-state index contributed by atoms with van der Waals surface area (Å²) >= 11 is 6.03. The molecule has 0 unspecified atom stereocenters. The average Bonchev–Trinajstić information content (AvgIpc) is 2.34. The van der Waals surface area contributed by atoms with E-state index < -0.39 is 0 Å². The molecular weight excluding hydrogens is 236 g/mol. The Morgan fingerprint density at radius 3 is 2.71 bits per heavy atom. The first-order valence-corrected chi connectivity index (χ1v) is 6.44. The molecule has 0 amide bonds. The highest BCUT2D eigenvalue weighted by atomic mass is 35.5. The normalized spacial score (nSPS) is 10.3. The predicted molar refractivity (Wildman–Crippen MR) is 74.3 cm³/mol. The molecule has 4 heteroatoms. The minimum atomic E-state index is 0.636. The van der Waals surface area contributed by atoms with Crippen LogP contribution in [0.1, 0.15) is 19.8 Å². The zero-order chi connectivity index (χ0) is 12.5. The molecule has 17 heavy (non-hydrogen) atoms. The van der Waals surface area contributed by atoms with Crippen LogP contribution in [-0.4, -0.2) is 26.7 Å². The van der Waals surface area contributed by atoms with E-state index in [4.69, 9.17) is 16.3 Å². The highest BCUT2D eigenvalue weighted by Gasteiger charge is 2.00. The molecule has 0 heterocycles. The van der Waals surface area contributed by atoms with Crippen molar-refractivity contribution in [1.82, 2.24) is 5.32 Å². The van der Waals surface area contributed by atoms with Crippen molar-refractivity contribution in [2.75, 3.05) is 32.1 Å². The number of nitrogens with one attached hydrogen (secondary N) is 2. The van der Waals surface area contributed by atoms with E-state index in [1.807, 2.05) is 18.2 Å². The van der Waals surface area contributed by atoms with E-state index in [-0.39, 0.29) is 0 Å². The number of hydrogen-bond donors (Lipinski definition) is 2. The van der Waals surface area contributed by atoms with Crippen molar-refractivity contribution < 1.29 is 4.74 Å². The SMILES string of the molecule is CCCCNCCNc1ccc(OC)c(Cl)c1. The van der Waals surface area contributed by atoms with Crippen LogP contribution >= 0.6 is 11.6 Å². The Kier molecular flexibility index (Phi) is 6.82. The summed E-state index contributed by atoms with van der Waals surface area (Å²) in [5, 5.41) is 7.32. The van der Waals surface area contributed by atoms with Crippen molar-refractivity contribution in [2.24, 2.45) is 0 Å². The van der Waals surface area contributed by atoms with Crippen LogP contribution in [0.15, 0.2) is 18.2 Å². The molecule has 1 aromatic rings. The second-order valence-electron chi connectivity index (χ2n) is 3.88. The maximum absolute atomic E-state index is 6.03. The van der Waals surface area contributed by atoms with Gasteiger partial charge in [-0.05, 0) is 31.2 Å². The van der Waals surface area contributed by atoms with Gasteiger partial charge in [0, 0.05) is 18.8 Å². The first-order chi connectivity index (χ1) is 8.27. The number of hydrogen-bond acceptors (Lipinski definition) is 3. The number of benzene rings is 1. The molecule has 0 saturated carbocycles. The quantitative estimate of drug-likeness (QED) is 0.701. The van der Waals surface area contributed by atoms with Crippen LogP contribution in [0.25, 0.3) is 0 Å². The Morgan fingerprint density at radius 2 is 2.06 bits per heavy atom. The van der Waals surface area contributed by atoms with Gasteiger partial charge in [0.25, 0.3) is 0 Å². The molecule has 96 valence electrons. The zero-order valence-corrected chi connectivity index (χ0v) is 11.3. The van der Waals surface area contributed by atoms with Crippen molar-refractivity contribution in [3.63, 3.8) is 0 Å². The van der Waals surface area contributed by atoms with Crippen LogP contribution in [0.5, 0.6) is 5.75 Å². The molecular formula is C13H21ClN2O. The van der Waals surface area contributed by atoms with Crippen LogP contribution in [0, 0.1) is 0 Å². The van der Waals surface area contributed by atoms with Crippen molar-refractivity contribution in [3.8, 4) is 5.75 Å². The number of rotatable bonds is 8. The van der Waals surface area contributed by atoms with Crippen molar-refractivity contribution >= 4 is 17.3 Å². The van der Waals surface area contributed by atoms with E-state index in [1.54, 1.807) is 7.11 Å². The molecule has 0 saturated heterocycles. The molecule has 0 atom stereocenters. The monoisotopic (exact) mass is 256 g/mol. The molecule has 0 aliphatic carbocycles. The Morgan fingerprint density at radius 1 is 1.24 bits per heavy atom. The average molecular weight is 257 g/mol. The van der Waals surface area contributed by atoms with Gasteiger partial charge in [0.2, 0.25) is 0 Å². The van der Waals surface area contributed by atoms with E-state index >= 15 is 0 Å². The summed E-state index contributed by atoms with van der Waals surface area (Å²) in [5.74, 6) is 0.707. The van der Waals surface area contributed by atoms with Crippen molar-refractivity contribution in [3.05, 3.63) is 23.2 Å². The topological polar surface area (TPSA) is 33.3 Å². The van der Waals surface area contributed by atoms with Gasteiger partial charge in [-0.2, -0.15) is 0 Å². The summed E-state index contributed by atoms with van der Waals surface area (Å²) in [5.41, 5.74) is 1.02. The molecule has 0 bridgehead atoms. The fourth-order valence-electron chi connectivity index (χ4n) is 1.50. The standard InChI is InChI=1S/C13H21ClN2O/c1-3-4-7-15-8-9-16-11-5-6-13(17-2)12(14)10-11/h5-6,10,15-16H,3-4,7-9H2,1-2H3. The third kappa shape index (κ3) is 5.29. The van der Waals surface area contributed by atoms with E-state index in [0.29, 0.717) is 10.8 Å². The lowest BCUT2D eigenvalue weighted by atomic mass is 10.3. The third-order valence-electron chi connectivity index (χ3n) is 2.49. The summed E-state index contributed by atoms with van der Waals surface area (Å²) in [6.45, 7) is 5.14. The largest absolute Gasteiger partial charge is 0.495 e. The lowest BCUT2D eigenvalue weighted by molar-refractivity contribution is 0.415. The summed E-state index contributed by atoms with van der Waals surface area (Å²) in [6, 6.07) is 5.72. The number of methoxy groups -OCH3 is 1. The van der Waals surface area contributed by atoms with Crippen LogP contribution in [-0.2, 0) is 0 Å². The molecule has 2 N–H and O–H groups in total. The van der Waals surface area contributed by atoms with Crippen molar-refractivity contribution in [1.29, 1.82) is 0 Å². The van der Waals surface area contributed by atoms with E-state index in [9.17, 15) is 0 Å². The minimum absolute atomic E-state index is 0.636. The summed E-state index contributed by atoms with van der Waals surface area (Å²) in [7, 11) is 1.62. The molecule has 0 aliphatic rings. The molecule has 0 aromatic heterocycles. The first kappa shape index (κ1) is 14.1. The van der Waals surface area contributed by atoms with Gasteiger partial charge in [-0.15, -0.1) is 0 Å². The van der Waals surface area contributed by atoms with Gasteiger partial charge in [0.1, 0.15) is 5.75 Å². The Bertz CT molecular complexity index is 331. The molecule has 0 fully saturated rings. The molecule has 1 rings (SSSR count). The lowest BCUT2D eigenvalue weighted by Crippen LogP contribution is -2.23. The zero-order valence-electron chi connectivity index (χ0n) is 10.6. The fourth-order valence-corrected chi connectivity index (χ4v) is 1.76.